The van der Waals surface area contributed by atoms with E-state index < -0.39 is 0 Å². The summed E-state index contributed by atoms with van der Waals surface area (Å²) in [4.78, 5) is 0. The van der Waals surface area contributed by atoms with Gasteiger partial charge in [0.05, 0.1) is 10.7 Å². The molecule has 0 spiro atoms. The largest absolute Gasteiger partial charge is 0.364 e. The molecular weight excluding hydrogens is 269 g/mol. The van der Waals surface area contributed by atoms with Crippen LogP contribution in [-0.2, 0) is 0 Å². The second-order valence-electron chi connectivity index (χ2n) is 5.17. The molecule has 3 nitrogen and oxygen atoms in total. The van der Waals surface area contributed by atoms with Gasteiger partial charge in [0.15, 0.2) is 0 Å². The molecule has 1 aromatic heterocycles. The number of nitrogens with zero attached hydrogens (tertiary/aromatic N) is 1. The molecule has 0 saturated heterocycles. The van der Waals surface area contributed by atoms with Gasteiger partial charge in [0.25, 0.3) is 0 Å². The zero-order valence-corrected chi connectivity index (χ0v) is 12.0. The average Bonchev–Trinajstić information content (AvgIpc) is 2.63. The zero-order chi connectivity index (χ0) is 13.3. The standard InChI is InChI=1S/C13H15Cl2N3/c1-13(2,3)16-12-7-11(17-18-12)9-5-4-8(14)6-10(9)15/h4-7H,1-3H3,(H2,16,17,18). The van der Waals surface area contributed by atoms with E-state index in [1.54, 1.807) is 12.1 Å². The van der Waals surface area contributed by atoms with Crippen LogP contribution >= 0.6 is 23.2 Å². The quantitative estimate of drug-likeness (QED) is 0.846. The second kappa shape index (κ2) is 4.82. The summed E-state index contributed by atoms with van der Waals surface area (Å²) < 4.78 is 0. The van der Waals surface area contributed by atoms with Gasteiger partial charge in [-0.3, -0.25) is 5.10 Å². The van der Waals surface area contributed by atoms with Crippen LogP contribution in [0.4, 0.5) is 5.82 Å². The molecule has 2 N–H and O–H groups in total. The van der Waals surface area contributed by atoms with E-state index in [0.29, 0.717) is 10.0 Å². The molecule has 0 saturated carbocycles. The van der Waals surface area contributed by atoms with E-state index in [4.69, 9.17) is 23.2 Å². The summed E-state index contributed by atoms with van der Waals surface area (Å²) in [6.07, 6.45) is 0. The Morgan fingerprint density at radius 2 is 1.89 bits per heavy atom. The third-order valence-corrected chi connectivity index (χ3v) is 2.85. The van der Waals surface area contributed by atoms with E-state index in [9.17, 15) is 0 Å². The fourth-order valence-electron chi connectivity index (χ4n) is 1.62. The molecule has 0 unspecified atom stereocenters. The molecule has 2 aromatic rings. The van der Waals surface area contributed by atoms with Crippen molar-refractivity contribution in [3.05, 3.63) is 34.3 Å². The predicted molar refractivity (Wildman–Crippen MR) is 77.4 cm³/mol. The van der Waals surface area contributed by atoms with E-state index in [1.165, 1.54) is 0 Å². The van der Waals surface area contributed by atoms with Gasteiger partial charge in [-0.05, 0) is 39.0 Å². The molecule has 1 heterocycles. The van der Waals surface area contributed by atoms with Crippen LogP contribution < -0.4 is 5.32 Å². The first kappa shape index (κ1) is 13.2. The van der Waals surface area contributed by atoms with Gasteiger partial charge in [-0.1, -0.05) is 23.2 Å². The molecule has 0 amide bonds. The summed E-state index contributed by atoms with van der Waals surface area (Å²) in [7, 11) is 0. The van der Waals surface area contributed by atoms with Crippen molar-refractivity contribution in [2.45, 2.75) is 26.3 Å². The summed E-state index contributed by atoms with van der Waals surface area (Å²) in [6, 6.07) is 7.33. The van der Waals surface area contributed by atoms with Crippen LogP contribution in [0.1, 0.15) is 20.8 Å². The van der Waals surface area contributed by atoms with Crippen molar-refractivity contribution in [1.82, 2.24) is 10.2 Å². The number of aromatic nitrogens is 2. The predicted octanol–water partition coefficient (Wildman–Crippen LogP) is 4.59. The van der Waals surface area contributed by atoms with Crippen molar-refractivity contribution in [2.24, 2.45) is 0 Å². The monoisotopic (exact) mass is 283 g/mol. The Hall–Kier alpha value is -1.19. The minimum atomic E-state index is -0.0315. The van der Waals surface area contributed by atoms with E-state index in [0.717, 1.165) is 17.1 Å². The van der Waals surface area contributed by atoms with E-state index in [1.807, 2.05) is 12.1 Å². The Morgan fingerprint density at radius 1 is 1.17 bits per heavy atom. The molecule has 5 heteroatoms. The molecule has 0 aliphatic carbocycles. The molecule has 0 bridgehead atoms. The molecule has 96 valence electrons. The Balaban J connectivity index is 2.29. The van der Waals surface area contributed by atoms with Crippen LogP contribution in [0.5, 0.6) is 0 Å². The van der Waals surface area contributed by atoms with Gasteiger partial charge in [-0.25, -0.2) is 0 Å². The lowest BCUT2D eigenvalue weighted by Gasteiger charge is -2.19. The Morgan fingerprint density at radius 3 is 2.50 bits per heavy atom. The van der Waals surface area contributed by atoms with Crippen molar-refractivity contribution in [2.75, 3.05) is 5.32 Å². The lowest BCUT2D eigenvalue weighted by atomic mass is 10.1. The number of rotatable bonds is 2. The smallest absolute Gasteiger partial charge is 0.148 e. The van der Waals surface area contributed by atoms with Gasteiger partial charge >= 0.3 is 0 Å². The fraction of sp³-hybridized carbons (Fsp3) is 0.308. The summed E-state index contributed by atoms with van der Waals surface area (Å²) in [5.41, 5.74) is 1.72. The van der Waals surface area contributed by atoms with Gasteiger partial charge in [0, 0.05) is 22.2 Å². The van der Waals surface area contributed by atoms with Crippen LogP contribution in [0.15, 0.2) is 24.3 Å². The molecule has 0 aliphatic heterocycles. The first-order chi connectivity index (χ1) is 8.35. The summed E-state index contributed by atoms with van der Waals surface area (Å²) in [6.45, 7) is 6.24. The molecule has 1 aromatic carbocycles. The fourth-order valence-corrected chi connectivity index (χ4v) is 2.13. The molecular formula is C13H15Cl2N3. The molecule has 2 rings (SSSR count). The summed E-state index contributed by atoms with van der Waals surface area (Å²) in [5, 5.41) is 11.7. The number of halogens is 2. The molecule has 18 heavy (non-hydrogen) atoms. The normalized spacial score (nSPS) is 11.6. The Kier molecular flexibility index (Phi) is 3.55. The van der Waals surface area contributed by atoms with Crippen molar-refractivity contribution >= 4 is 29.0 Å². The highest BCUT2D eigenvalue weighted by molar-refractivity contribution is 6.36. The number of nitrogens with one attached hydrogen (secondary N) is 2. The summed E-state index contributed by atoms with van der Waals surface area (Å²) in [5.74, 6) is 0.795. The van der Waals surface area contributed by atoms with Gasteiger partial charge < -0.3 is 5.32 Å². The second-order valence-corrected chi connectivity index (χ2v) is 6.01. The molecule has 0 atom stereocenters. The van der Waals surface area contributed by atoms with Crippen LogP contribution in [0.25, 0.3) is 11.3 Å². The minimum Gasteiger partial charge on any atom is -0.364 e. The number of anilines is 1. The minimum absolute atomic E-state index is 0.0315. The van der Waals surface area contributed by atoms with Crippen molar-refractivity contribution in [3.63, 3.8) is 0 Å². The van der Waals surface area contributed by atoms with Crippen LogP contribution in [0, 0.1) is 0 Å². The van der Waals surface area contributed by atoms with Crippen molar-refractivity contribution in [3.8, 4) is 11.3 Å². The first-order valence-electron chi connectivity index (χ1n) is 5.64. The molecule has 0 radical (unpaired) electrons. The average molecular weight is 284 g/mol. The lowest BCUT2D eigenvalue weighted by Crippen LogP contribution is -2.26. The lowest BCUT2D eigenvalue weighted by molar-refractivity contribution is 0.630. The molecule has 0 aliphatic rings. The first-order valence-corrected chi connectivity index (χ1v) is 6.40. The summed E-state index contributed by atoms with van der Waals surface area (Å²) >= 11 is 12.0. The van der Waals surface area contributed by atoms with E-state index in [-0.39, 0.29) is 5.54 Å². The topological polar surface area (TPSA) is 40.7 Å². The maximum absolute atomic E-state index is 6.15. The number of H-pyrrole nitrogens is 1. The van der Waals surface area contributed by atoms with Crippen LogP contribution in [0.3, 0.4) is 0 Å². The zero-order valence-electron chi connectivity index (χ0n) is 10.5. The van der Waals surface area contributed by atoms with Crippen LogP contribution in [0.2, 0.25) is 10.0 Å². The maximum Gasteiger partial charge on any atom is 0.148 e. The number of hydrogen-bond acceptors (Lipinski definition) is 2. The Bertz CT molecular complexity index is 556. The molecule has 0 fully saturated rings. The Labute approximate surface area is 117 Å². The number of benzene rings is 1. The van der Waals surface area contributed by atoms with Gasteiger partial charge in [0.1, 0.15) is 5.82 Å². The third-order valence-electron chi connectivity index (χ3n) is 2.30. The SMILES string of the molecule is CC(C)(C)Nc1cc(-c2ccc(Cl)cc2Cl)[nH]n1. The van der Waals surface area contributed by atoms with Crippen molar-refractivity contribution < 1.29 is 0 Å². The van der Waals surface area contributed by atoms with Crippen molar-refractivity contribution in [1.29, 1.82) is 0 Å². The highest BCUT2D eigenvalue weighted by Crippen LogP contribution is 2.30. The van der Waals surface area contributed by atoms with Gasteiger partial charge in [-0.15, -0.1) is 0 Å². The van der Waals surface area contributed by atoms with Crippen LogP contribution in [-0.4, -0.2) is 15.7 Å². The van der Waals surface area contributed by atoms with Gasteiger partial charge in [-0.2, -0.15) is 5.10 Å². The number of aromatic amines is 1. The highest BCUT2D eigenvalue weighted by atomic mass is 35.5. The van der Waals surface area contributed by atoms with E-state index >= 15 is 0 Å². The highest BCUT2D eigenvalue weighted by Gasteiger charge is 2.13. The van der Waals surface area contributed by atoms with E-state index in [2.05, 4.69) is 36.3 Å². The van der Waals surface area contributed by atoms with Gasteiger partial charge in [0.2, 0.25) is 0 Å². The number of hydrogen-bond donors (Lipinski definition) is 2. The maximum atomic E-state index is 6.15. The third kappa shape index (κ3) is 3.18.